The Bertz CT molecular complexity index is 341. The summed E-state index contributed by atoms with van der Waals surface area (Å²) in [6.07, 6.45) is 1.28. The van der Waals surface area contributed by atoms with Crippen LogP contribution in [0.3, 0.4) is 0 Å². The van der Waals surface area contributed by atoms with E-state index in [1.54, 1.807) is 0 Å². The second kappa shape index (κ2) is 6.26. The number of hydrogen-bond donors (Lipinski definition) is 1. The van der Waals surface area contributed by atoms with E-state index in [-0.39, 0.29) is 6.10 Å². The summed E-state index contributed by atoms with van der Waals surface area (Å²) in [7, 11) is 1.96. The standard InChI is InChI=1S/C13H20BrNO/c1-5-9(2)16-11-6-7-12(10(3)15-4)13(14)8-11/h6-10,15H,5H2,1-4H3. The molecule has 2 nitrogen and oxygen atoms in total. The van der Waals surface area contributed by atoms with Crippen LogP contribution in [-0.2, 0) is 0 Å². The van der Waals surface area contributed by atoms with Gasteiger partial charge < -0.3 is 10.1 Å². The van der Waals surface area contributed by atoms with Crippen LogP contribution >= 0.6 is 15.9 Å². The van der Waals surface area contributed by atoms with E-state index in [2.05, 4.69) is 48.1 Å². The monoisotopic (exact) mass is 285 g/mol. The Labute approximate surface area is 107 Å². The number of benzene rings is 1. The SMILES string of the molecule is CCC(C)Oc1ccc(C(C)NC)c(Br)c1. The van der Waals surface area contributed by atoms with Gasteiger partial charge in [-0.3, -0.25) is 0 Å². The van der Waals surface area contributed by atoms with Gasteiger partial charge in [-0.1, -0.05) is 28.9 Å². The summed E-state index contributed by atoms with van der Waals surface area (Å²) >= 11 is 3.58. The van der Waals surface area contributed by atoms with Gasteiger partial charge in [0.25, 0.3) is 0 Å². The van der Waals surface area contributed by atoms with Crippen molar-refractivity contribution in [2.75, 3.05) is 7.05 Å². The van der Waals surface area contributed by atoms with Crippen molar-refractivity contribution in [1.29, 1.82) is 0 Å². The van der Waals surface area contributed by atoms with Gasteiger partial charge in [-0.2, -0.15) is 0 Å². The molecule has 0 aliphatic carbocycles. The van der Waals surface area contributed by atoms with E-state index in [9.17, 15) is 0 Å². The molecule has 0 aliphatic heterocycles. The van der Waals surface area contributed by atoms with Crippen LogP contribution in [-0.4, -0.2) is 13.2 Å². The molecule has 1 aromatic carbocycles. The van der Waals surface area contributed by atoms with Crippen molar-refractivity contribution in [2.45, 2.75) is 39.3 Å². The summed E-state index contributed by atoms with van der Waals surface area (Å²) in [5.74, 6) is 0.924. The fraction of sp³-hybridized carbons (Fsp3) is 0.538. The largest absolute Gasteiger partial charge is 0.491 e. The Hall–Kier alpha value is -0.540. The lowest BCUT2D eigenvalue weighted by molar-refractivity contribution is 0.217. The number of nitrogens with one attached hydrogen (secondary N) is 1. The first-order valence-electron chi connectivity index (χ1n) is 5.71. The number of hydrogen-bond acceptors (Lipinski definition) is 2. The molecule has 1 aromatic rings. The lowest BCUT2D eigenvalue weighted by atomic mass is 10.1. The molecule has 0 aliphatic rings. The van der Waals surface area contributed by atoms with Gasteiger partial charge in [0.05, 0.1) is 6.10 Å². The molecule has 0 radical (unpaired) electrons. The van der Waals surface area contributed by atoms with Crippen LogP contribution in [0.5, 0.6) is 5.75 Å². The smallest absolute Gasteiger partial charge is 0.120 e. The van der Waals surface area contributed by atoms with Crippen LogP contribution in [0.25, 0.3) is 0 Å². The average Bonchev–Trinajstić information content (AvgIpc) is 2.28. The molecule has 16 heavy (non-hydrogen) atoms. The fourth-order valence-electron chi connectivity index (χ4n) is 1.40. The summed E-state index contributed by atoms with van der Waals surface area (Å²) in [6.45, 7) is 6.34. The van der Waals surface area contributed by atoms with E-state index < -0.39 is 0 Å². The van der Waals surface area contributed by atoms with Gasteiger partial charge in [0, 0.05) is 10.5 Å². The maximum Gasteiger partial charge on any atom is 0.120 e. The van der Waals surface area contributed by atoms with Gasteiger partial charge in [-0.15, -0.1) is 0 Å². The van der Waals surface area contributed by atoms with Crippen molar-refractivity contribution in [2.24, 2.45) is 0 Å². The van der Waals surface area contributed by atoms with E-state index in [1.807, 2.05) is 19.2 Å². The third kappa shape index (κ3) is 3.49. The molecule has 90 valence electrons. The first kappa shape index (κ1) is 13.5. The first-order chi connectivity index (χ1) is 7.58. The Morgan fingerprint density at radius 2 is 2.06 bits per heavy atom. The van der Waals surface area contributed by atoms with E-state index in [1.165, 1.54) is 5.56 Å². The normalized spacial score (nSPS) is 14.6. The van der Waals surface area contributed by atoms with E-state index in [0.717, 1.165) is 16.6 Å². The van der Waals surface area contributed by atoms with Gasteiger partial charge in [0.15, 0.2) is 0 Å². The van der Waals surface area contributed by atoms with E-state index >= 15 is 0 Å². The lowest BCUT2D eigenvalue weighted by Gasteiger charge is -2.16. The van der Waals surface area contributed by atoms with Crippen LogP contribution in [0.15, 0.2) is 22.7 Å². The van der Waals surface area contributed by atoms with Crippen molar-refractivity contribution >= 4 is 15.9 Å². The molecule has 0 aromatic heterocycles. The first-order valence-corrected chi connectivity index (χ1v) is 6.51. The van der Waals surface area contributed by atoms with Gasteiger partial charge in [0.2, 0.25) is 0 Å². The number of ether oxygens (including phenoxy) is 1. The van der Waals surface area contributed by atoms with Gasteiger partial charge in [-0.25, -0.2) is 0 Å². The van der Waals surface area contributed by atoms with Gasteiger partial charge in [0.1, 0.15) is 5.75 Å². The molecule has 0 saturated carbocycles. The zero-order valence-electron chi connectivity index (χ0n) is 10.4. The number of rotatable bonds is 5. The maximum atomic E-state index is 5.76. The van der Waals surface area contributed by atoms with Crippen LogP contribution < -0.4 is 10.1 Å². The highest BCUT2D eigenvalue weighted by Crippen LogP contribution is 2.28. The molecule has 1 N–H and O–H groups in total. The minimum atomic E-state index is 0.263. The molecular weight excluding hydrogens is 266 g/mol. The molecule has 2 unspecified atom stereocenters. The van der Waals surface area contributed by atoms with Crippen molar-refractivity contribution in [1.82, 2.24) is 5.32 Å². The minimum absolute atomic E-state index is 0.263. The molecule has 0 amide bonds. The van der Waals surface area contributed by atoms with Crippen LogP contribution in [0.2, 0.25) is 0 Å². The summed E-state index contributed by atoms with van der Waals surface area (Å²) in [4.78, 5) is 0. The molecule has 0 saturated heterocycles. The Morgan fingerprint density at radius 1 is 1.38 bits per heavy atom. The Morgan fingerprint density at radius 3 is 2.56 bits per heavy atom. The highest BCUT2D eigenvalue weighted by molar-refractivity contribution is 9.10. The van der Waals surface area contributed by atoms with Crippen LogP contribution in [0.1, 0.15) is 38.8 Å². The fourth-order valence-corrected chi connectivity index (χ4v) is 2.10. The minimum Gasteiger partial charge on any atom is -0.491 e. The predicted molar refractivity (Wildman–Crippen MR) is 72.0 cm³/mol. The van der Waals surface area contributed by atoms with E-state index in [4.69, 9.17) is 4.74 Å². The molecule has 0 bridgehead atoms. The second-order valence-electron chi connectivity index (χ2n) is 4.03. The average molecular weight is 286 g/mol. The summed E-state index contributed by atoms with van der Waals surface area (Å²) in [5, 5.41) is 3.22. The molecule has 1 rings (SSSR count). The molecule has 0 heterocycles. The third-order valence-corrected chi connectivity index (χ3v) is 3.47. The summed E-state index contributed by atoms with van der Waals surface area (Å²) in [5.41, 5.74) is 1.25. The molecule has 2 atom stereocenters. The maximum absolute atomic E-state index is 5.76. The highest BCUT2D eigenvalue weighted by atomic mass is 79.9. The zero-order chi connectivity index (χ0) is 12.1. The molecule has 0 fully saturated rings. The van der Waals surface area contributed by atoms with Crippen LogP contribution in [0, 0.1) is 0 Å². The Balaban J connectivity index is 2.82. The third-order valence-electron chi connectivity index (χ3n) is 2.78. The van der Waals surface area contributed by atoms with Crippen molar-refractivity contribution < 1.29 is 4.74 Å². The quantitative estimate of drug-likeness (QED) is 0.886. The van der Waals surface area contributed by atoms with Crippen molar-refractivity contribution in [3.8, 4) is 5.75 Å². The van der Waals surface area contributed by atoms with Crippen molar-refractivity contribution in [3.05, 3.63) is 28.2 Å². The van der Waals surface area contributed by atoms with Gasteiger partial charge >= 0.3 is 0 Å². The highest BCUT2D eigenvalue weighted by Gasteiger charge is 2.09. The predicted octanol–water partition coefficient (Wildman–Crippen LogP) is 3.91. The second-order valence-corrected chi connectivity index (χ2v) is 4.88. The summed E-state index contributed by atoms with van der Waals surface area (Å²) in [6, 6.07) is 6.50. The topological polar surface area (TPSA) is 21.3 Å². The molecule has 3 heteroatoms. The lowest BCUT2D eigenvalue weighted by Crippen LogP contribution is -2.13. The van der Waals surface area contributed by atoms with Gasteiger partial charge in [-0.05, 0) is 45.0 Å². The Kier molecular flexibility index (Phi) is 5.29. The molecule has 0 spiro atoms. The molecular formula is C13H20BrNO. The van der Waals surface area contributed by atoms with Crippen molar-refractivity contribution in [3.63, 3.8) is 0 Å². The zero-order valence-corrected chi connectivity index (χ0v) is 12.0. The van der Waals surface area contributed by atoms with Crippen LogP contribution in [0.4, 0.5) is 0 Å². The van der Waals surface area contributed by atoms with E-state index in [0.29, 0.717) is 6.04 Å². The summed E-state index contributed by atoms with van der Waals surface area (Å²) < 4.78 is 6.86. The number of halogens is 1.